The molecule has 0 aliphatic heterocycles. The van der Waals surface area contributed by atoms with Crippen LogP contribution < -0.4 is 20.9 Å². The smallest absolute Gasteiger partial charge is 0.336 e. The number of ether oxygens (including phenoxy) is 2. The molecule has 50 heavy (non-hydrogen) atoms. The van der Waals surface area contributed by atoms with E-state index in [4.69, 9.17) is 30.9 Å². The van der Waals surface area contributed by atoms with Crippen molar-refractivity contribution in [1.29, 1.82) is 0 Å². The van der Waals surface area contributed by atoms with Crippen molar-refractivity contribution in [3.8, 4) is 34.3 Å². The number of hydrogen-bond donors (Lipinski definition) is 4. The molecular weight excluding hydrogens is 780 g/mol. The number of imidazole rings is 2. The van der Waals surface area contributed by atoms with Gasteiger partial charge in [0, 0.05) is 33.2 Å². The molecule has 0 aliphatic carbocycles. The first-order valence-corrected chi connectivity index (χ1v) is 16.3. The number of aromatic carboxylic acids is 2. The van der Waals surface area contributed by atoms with E-state index in [0.29, 0.717) is 20.0 Å². The Labute approximate surface area is 299 Å². The molecule has 4 aromatic carbocycles. The van der Waals surface area contributed by atoms with Crippen LogP contribution in [-0.2, 0) is 13.1 Å². The molecule has 0 bridgehead atoms. The van der Waals surface area contributed by atoms with E-state index < -0.39 is 23.8 Å². The number of aryl methyl sites for hydroxylation is 2. The number of nitrogens with zero attached hydrogens (tertiary/aromatic N) is 4. The number of carbonyl (C=O) groups excluding carboxylic acids is 2. The maximum absolute atomic E-state index is 12.4. The number of fused-ring (bicyclic) bond motifs is 2. The molecule has 0 spiro atoms. The normalized spacial score (nSPS) is 11.2. The Kier molecular flexibility index (Phi) is 9.07. The van der Waals surface area contributed by atoms with Crippen LogP contribution in [-0.4, -0.2) is 67.3 Å². The number of halogens is 2. The molecule has 16 heteroatoms. The molecule has 2 amide bonds. The van der Waals surface area contributed by atoms with Crippen LogP contribution in [0.2, 0.25) is 0 Å². The van der Waals surface area contributed by atoms with Crippen LogP contribution in [0.5, 0.6) is 11.5 Å². The number of carboxylic acids is 2. The molecule has 0 radical (unpaired) electrons. The first kappa shape index (κ1) is 34.1. The topological polar surface area (TPSA) is 215 Å². The second-order valence-corrected chi connectivity index (χ2v) is 12.6. The second-order valence-electron chi connectivity index (χ2n) is 10.9. The third-order valence-electron chi connectivity index (χ3n) is 8.17. The SMILES string of the molecule is COc1c(C(N)=O)ccc2c1nc(-c1c(Br)cccc1C(=O)O)n2CCn1c(-c2c(Br)cccc2C(=O)O)nc2c(OC)c(C(N)=O)ccc21. The van der Waals surface area contributed by atoms with E-state index in [-0.39, 0.29) is 80.7 Å². The number of benzene rings is 4. The summed E-state index contributed by atoms with van der Waals surface area (Å²) in [6.07, 6.45) is 0. The van der Waals surface area contributed by atoms with E-state index in [0.717, 1.165) is 0 Å². The lowest BCUT2D eigenvalue weighted by molar-refractivity contribution is 0.0686. The van der Waals surface area contributed by atoms with Gasteiger partial charge < -0.3 is 40.3 Å². The zero-order valence-corrected chi connectivity index (χ0v) is 29.4. The van der Waals surface area contributed by atoms with Crippen molar-refractivity contribution in [2.75, 3.05) is 14.2 Å². The Hall–Kier alpha value is -5.74. The van der Waals surface area contributed by atoms with Crippen LogP contribution in [0.15, 0.2) is 69.6 Å². The summed E-state index contributed by atoms with van der Waals surface area (Å²) < 4.78 is 15.6. The van der Waals surface area contributed by atoms with E-state index >= 15 is 0 Å². The van der Waals surface area contributed by atoms with Crippen LogP contribution >= 0.6 is 31.9 Å². The minimum absolute atomic E-state index is 0.0400. The highest BCUT2D eigenvalue weighted by molar-refractivity contribution is 9.11. The number of primary amides is 2. The summed E-state index contributed by atoms with van der Waals surface area (Å²) in [5.74, 6) is -3.19. The molecular formula is C34H26Br2N6O8. The summed E-state index contributed by atoms with van der Waals surface area (Å²) >= 11 is 6.99. The third-order valence-corrected chi connectivity index (χ3v) is 9.49. The maximum atomic E-state index is 12.4. The van der Waals surface area contributed by atoms with Gasteiger partial charge in [0.15, 0.2) is 11.5 Å². The van der Waals surface area contributed by atoms with Crippen molar-refractivity contribution in [1.82, 2.24) is 19.1 Å². The van der Waals surface area contributed by atoms with Crippen LogP contribution in [0, 0.1) is 0 Å². The van der Waals surface area contributed by atoms with Gasteiger partial charge >= 0.3 is 11.9 Å². The van der Waals surface area contributed by atoms with Crippen molar-refractivity contribution < 1.29 is 38.9 Å². The predicted octanol–water partition coefficient (Wildman–Crippen LogP) is 5.56. The van der Waals surface area contributed by atoms with Crippen LogP contribution in [0.4, 0.5) is 0 Å². The Morgan fingerprint density at radius 2 is 1.02 bits per heavy atom. The molecule has 0 fully saturated rings. The minimum Gasteiger partial charge on any atom is -0.494 e. The van der Waals surface area contributed by atoms with Gasteiger partial charge in [-0.25, -0.2) is 19.6 Å². The van der Waals surface area contributed by atoms with Gasteiger partial charge in [0.25, 0.3) is 11.8 Å². The summed E-state index contributed by atoms with van der Waals surface area (Å²) in [6, 6.07) is 15.7. The summed E-state index contributed by atoms with van der Waals surface area (Å²) in [4.78, 5) is 59.1. The van der Waals surface area contributed by atoms with E-state index in [1.54, 1.807) is 45.5 Å². The quantitative estimate of drug-likeness (QED) is 0.128. The molecule has 6 rings (SSSR count). The fourth-order valence-corrected chi connectivity index (χ4v) is 7.12. The highest BCUT2D eigenvalue weighted by atomic mass is 79.9. The van der Waals surface area contributed by atoms with Crippen LogP contribution in [0.3, 0.4) is 0 Å². The molecule has 0 saturated heterocycles. The molecule has 2 aromatic heterocycles. The lowest BCUT2D eigenvalue weighted by atomic mass is 10.1. The largest absolute Gasteiger partial charge is 0.494 e. The number of carboxylic acid groups (broad SMARTS) is 2. The predicted molar refractivity (Wildman–Crippen MR) is 190 cm³/mol. The number of carbonyl (C=O) groups is 4. The van der Waals surface area contributed by atoms with Crippen molar-refractivity contribution in [2.45, 2.75) is 13.1 Å². The van der Waals surface area contributed by atoms with E-state index in [1.165, 1.54) is 38.5 Å². The Balaban J connectivity index is 1.65. The molecule has 0 unspecified atom stereocenters. The summed E-state index contributed by atoms with van der Waals surface area (Å²) in [6.45, 7) is 0.215. The fraction of sp³-hybridized carbons (Fsp3) is 0.118. The number of hydrogen-bond acceptors (Lipinski definition) is 8. The van der Waals surface area contributed by atoms with Gasteiger partial charge in [0.1, 0.15) is 22.7 Å². The monoisotopic (exact) mass is 804 g/mol. The average Bonchev–Trinajstić information content (AvgIpc) is 3.63. The lowest BCUT2D eigenvalue weighted by Gasteiger charge is -2.16. The lowest BCUT2D eigenvalue weighted by Crippen LogP contribution is -2.14. The first-order valence-electron chi connectivity index (χ1n) is 14.7. The number of aromatic nitrogens is 4. The minimum atomic E-state index is -1.19. The van der Waals surface area contributed by atoms with Crippen molar-refractivity contribution in [2.24, 2.45) is 11.5 Å². The standard InChI is InChI=1S/C34H26Br2N6O8/c1-49-27-17(29(37)43)9-11-21-25(27)39-31(23-15(33(45)46)5-3-7-19(23)35)41(21)13-14-42-22-12-10-18(30(38)44)28(50-2)26(22)40-32(42)24-16(34(47)48)6-4-8-20(24)36/h3-12H,13-14H2,1-2H3,(H2,37,43)(H2,38,44)(H,45,46)(H,47,48). The Bertz CT molecular complexity index is 2250. The third kappa shape index (κ3) is 5.61. The maximum Gasteiger partial charge on any atom is 0.336 e. The molecule has 254 valence electrons. The van der Waals surface area contributed by atoms with Crippen molar-refractivity contribution in [3.63, 3.8) is 0 Å². The number of amides is 2. The second kappa shape index (κ2) is 13.3. The molecule has 2 heterocycles. The molecule has 0 saturated carbocycles. The number of rotatable bonds is 11. The van der Waals surface area contributed by atoms with E-state index in [9.17, 15) is 29.4 Å². The van der Waals surface area contributed by atoms with Gasteiger partial charge in [-0.3, -0.25) is 9.59 Å². The Morgan fingerprint density at radius 1 is 0.640 bits per heavy atom. The van der Waals surface area contributed by atoms with Gasteiger partial charge in [-0.2, -0.15) is 0 Å². The van der Waals surface area contributed by atoms with Crippen molar-refractivity contribution in [3.05, 3.63) is 91.9 Å². The zero-order chi connectivity index (χ0) is 36.0. The van der Waals surface area contributed by atoms with Gasteiger partial charge in [0.05, 0.1) is 47.5 Å². The summed E-state index contributed by atoms with van der Waals surface area (Å²) in [5, 5.41) is 20.3. The van der Waals surface area contributed by atoms with Gasteiger partial charge in [0.2, 0.25) is 0 Å². The van der Waals surface area contributed by atoms with E-state index in [1.807, 2.05) is 0 Å². The van der Waals surface area contributed by atoms with Crippen LogP contribution in [0.1, 0.15) is 41.4 Å². The van der Waals surface area contributed by atoms with E-state index in [2.05, 4.69) is 31.9 Å². The molecule has 0 aliphatic rings. The molecule has 0 atom stereocenters. The summed E-state index contributed by atoms with van der Waals surface area (Å²) in [7, 11) is 2.74. The van der Waals surface area contributed by atoms with Gasteiger partial charge in [-0.05, 0) is 48.5 Å². The number of nitrogens with two attached hydrogens (primary N) is 2. The fourth-order valence-electron chi connectivity index (χ4n) is 6.03. The van der Waals surface area contributed by atoms with Gasteiger partial charge in [-0.1, -0.05) is 44.0 Å². The molecule has 6 aromatic rings. The zero-order valence-electron chi connectivity index (χ0n) is 26.2. The average molecular weight is 806 g/mol. The highest BCUT2D eigenvalue weighted by Crippen LogP contribution is 2.40. The number of methoxy groups -OCH3 is 2. The molecule has 14 nitrogen and oxygen atoms in total. The Morgan fingerprint density at radius 3 is 1.34 bits per heavy atom. The molecule has 6 N–H and O–H groups in total. The first-order chi connectivity index (χ1) is 23.9. The highest BCUT2D eigenvalue weighted by Gasteiger charge is 2.28. The van der Waals surface area contributed by atoms with Crippen molar-refractivity contribution >= 4 is 77.7 Å². The van der Waals surface area contributed by atoms with Crippen LogP contribution in [0.25, 0.3) is 44.8 Å². The van der Waals surface area contributed by atoms with Gasteiger partial charge in [-0.15, -0.1) is 0 Å². The summed E-state index contributed by atoms with van der Waals surface area (Å²) in [5.41, 5.74) is 13.4.